The molecule has 9 heteroatoms. The zero-order valence-electron chi connectivity index (χ0n) is 16.8. The van der Waals surface area contributed by atoms with Crippen LogP contribution in [-0.4, -0.2) is 57.9 Å². The Morgan fingerprint density at radius 1 is 1.03 bits per heavy atom. The van der Waals surface area contributed by atoms with Gasteiger partial charge in [-0.2, -0.15) is 0 Å². The number of rotatable bonds is 5. The highest BCUT2D eigenvalue weighted by atomic mass is 32.2. The van der Waals surface area contributed by atoms with Crippen molar-refractivity contribution in [3.8, 4) is 5.75 Å². The summed E-state index contributed by atoms with van der Waals surface area (Å²) in [5, 5.41) is 2.12. The van der Waals surface area contributed by atoms with Crippen molar-refractivity contribution in [2.75, 3.05) is 32.6 Å². The third kappa shape index (κ3) is 4.56. The monoisotopic (exact) mass is 432 g/mol. The van der Waals surface area contributed by atoms with E-state index in [4.69, 9.17) is 9.47 Å². The minimum atomic E-state index is -3.74. The number of piperidine rings is 1. The zero-order chi connectivity index (χ0) is 21.7. The lowest BCUT2D eigenvalue weighted by molar-refractivity contribution is 0.0596. The third-order valence-electron chi connectivity index (χ3n) is 5.09. The molecule has 0 saturated carbocycles. The second kappa shape index (κ2) is 9.17. The summed E-state index contributed by atoms with van der Waals surface area (Å²) in [4.78, 5) is 26.1. The number of likely N-dealkylation sites (tertiary alicyclic amines) is 1. The number of benzene rings is 2. The van der Waals surface area contributed by atoms with Gasteiger partial charge in [0, 0.05) is 24.8 Å². The van der Waals surface area contributed by atoms with Crippen LogP contribution in [0.5, 0.6) is 5.75 Å². The van der Waals surface area contributed by atoms with Crippen LogP contribution in [0.1, 0.15) is 23.2 Å². The molecule has 8 nitrogen and oxygen atoms in total. The quantitative estimate of drug-likeness (QED) is 0.729. The molecule has 160 valence electrons. The molecule has 1 heterocycles. The first-order valence-corrected chi connectivity index (χ1v) is 11.0. The standard InChI is InChI=1S/C21H24N2O6S/c1-28-16-7-5-6-15(14-16)22-21(25)23-12-10-17(11-13-23)30(26,27)19-9-4-3-8-18(19)20(24)29-2/h3-9,14,17H,10-13H2,1-2H3,(H,22,25). The highest BCUT2D eigenvalue weighted by Gasteiger charge is 2.35. The van der Waals surface area contributed by atoms with Crippen molar-refractivity contribution < 1.29 is 27.5 Å². The van der Waals surface area contributed by atoms with Gasteiger partial charge in [-0.3, -0.25) is 0 Å². The van der Waals surface area contributed by atoms with E-state index in [1.54, 1.807) is 48.4 Å². The number of anilines is 1. The topological polar surface area (TPSA) is 102 Å². The normalized spacial score (nSPS) is 14.8. The van der Waals surface area contributed by atoms with E-state index in [0.29, 0.717) is 24.5 Å². The Morgan fingerprint density at radius 3 is 2.40 bits per heavy atom. The van der Waals surface area contributed by atoms with Crippen molar-refractivity contribution >= 4 is 27.5 Å². The Morgan fingerprint density at radius 2 is 1.73 bits per heavy atom. The lowest BCUT2D eigenvalue weighted by atomic mass is 10.1. The molecule has 0 radical (unpaired) electrons. The molecule has 2 aromatic rings. The maximum absolute atomic E-state index is 13.1. The predicted octanol–water partition coefficient (Wildman–Crippen LogP) is 2.95. The van der Waals surface area contributed by atoms with Gasteiger partial charge in [0.2, 0.25) is 0 Å². The van der Waals surface area contributed by atoms with Crippen LogP contribution in [0, 0.1) is 0 Å². The number of sulfone groups is 1. The van der Waals surface area contributed by atoms with Gasteiger partial charge in [-0.25, -0.2) is 18.0 Å². The fourth-order valence-corrected chi connectivity index (χ4v) is 5.36. The van der Waals surface area contributed by atoms with E-state index in [9.17, 15) is 18.0 Å². The fraction of sp³-hybridized carbons (Fsp3) is 0.333. The van der Waals surface area contributed by atoms with Gasteiger partial charge >= 0.3 is 12.0 Å². The fourth-order valence-electron chi connectivity index (χ4n) is 3.45. The average Bonchev–Trinajstić information content (AvgIpc) is 2.78. The van der Waals surface area contributed by atoms with Crippen molar-refractivity contribution in [1.29, 1.82) is 0 Å². The van der Waals surface area contributed by atoms with Crippen molar-refractivity contribution in [3.63, 3.8) is 0 Å². The highest BCUT2D eigenvalue weighted by molar-refractivity contribution is 7.92. The Kier molecular flexibility index (Phi) is 6.61. The number of methoxy groups -OCH3 is 2. The number of nitrogens with one attached hydrogen (secondary N) is 1. The largest absolute Gasteiger partial charge is 0.497 e. The number of urea groups is 1. The summed E-state index contributed by atoms with van der Waals surface area (Å²) < 4.78 is 36.1. The molecule has 3 rings (SSSR count). The number of carbonyl (C=O) groups excluding carboxylic acids is 2. The summed E-state index contributed by atoms with van der Waals surface area (Å²) in [6, 6.07) is 12.7. The van der Waals surface area contributed by atoms with Gasteiger partial charge in [0.05, 0.1) is 29.9 Å². The van der Waals surface area contributed by atoms with Crippen molar-refractivity contribution in [3.05, 3.63) is 54.1 Å². The lowest BCUT2D eigenvalue weighted by Crippen LogP contribution is -2.44. The third-order valence-corrected chi connectivity index (χ3v) is 7.41. The van der Waals surface area contributed by atoms with Gasteiger partial charge in [-0.1, -0.05) is 18.2 Å². The van der Waals surface area contributed by atoms with Gasteiger partial charge in [0.25, 0.3) is 0 Å². The van der Waals surface area contributed by atoms with Crippen LogP contribution < -0.4 is 10.1 Å². The first-order chi connectivity index (χ1) is 14.4. The summed E-state index contributed by atoms with van der Waals surface area (Å²) in [6.07, 6.45) is 0.562. The van der Waals surface area contributed by atoms with E-state index in [1.165, 1.54) is 19.2 Å². The van der Waals surface area contributed by atoms with Crippen LogP contribution in [0.4, 0.5) is 10.5 Å². The molecule has 30 heavy (non-hydrogen) atoms. The van der Waals surface area contributed by atoms with E-state index in [1.807, 2.05) is 0 Å². The van der Waals surface area contributed by atoms with E-state index in [2.05, 4.69) is 5.32 Å². The summed E-state index contributed by atoms with van der Waals surface area (Å²) in [5.41, 5.74) is 0.624. The van der Waals surface area contributed by atoms with Gasteiger partial charge in [0.15, 0.2) is 9.84 Å². The first kappa shape index (κ1) is 21.6. The smallest absolute Gasteiger partial charge is 0.339 e. The molecule has 2 amide bonds. The lowest BCUT2D eigenvalue weighted by Gasteiger charge is -2.32. The molecule has 0 spiro atoms. The number of nitrogens with zero attached hydrogens (tertiary/aromatic N) is 1. The Balaban J connectivity index is 1.68. The van der Waals surface area contributed by atoms with Gasteiger partial charge in [-0.15, -0.1) is 0 Å². The van der Waals surface area contributed by atoms with Gasteiger partial charge < -0.3 is 19.7 Å². The Bertz CT molecular complexity index is 1030. The number of amides is 2. The van der Waals surface area contributed by atoms with Crippen molar-refractivity contribution in [1.82, 2.24) is 4.90 Å². The van der Waals surface area contributed by atoms with Crippen LogP contribution in [0.25, 0.3) is 0 Å². The molecule has 0 unspecified atom stereocenters. The average molecular weight is 432 g/mol. The SMILES string of the molecule is COC(=O)c1ccccc1S(=O)(=O)C1CCN(C(=O)Nc2cccc(OC)c2)CC1. The number of carbonyl (C=O) groups is 2. The summed E-state index contributed by atoms with van der Waals surface area (Å²) >= 11 is 0. The second-order valence-corrected chi connectivity index (χ2v) is 9.08. The zero-order valence-corrected chi connectivity index (χ0v) is 17.6. The summed E-state index contributed by atoms with van der Waals surface area (Å²) in [5.74, 6) is -0.0637. The molecule has 1 fully saturated rings. The van der Waals surface area contributed by atoms with Crippen LogP contribution in [0.15, 0.2) is 53.4 Å². The summed E-state index contributed by atoms with van der Waals surface area (Å²) in [7, 11) is -0.981. The number of esters is 1. The maximum atomic E-state index is 13.1. The Labute approximate surface area is 175 Å². The minimum absolute atomic E-state index is 0.0261. The minimum Gasteiger partial charge on any atom is -0.497 e. The number of hydrogen-bond donors (Lipinski definition) is 1. The van der Waals surface area contributed by atoms with Crippen molar-refractivity contribution in [2.24, 2.45) is 0 Å². The van der Waals surface area contributed by atoms with E-state index >= 15 is 0 Å². The molecule has 1 saturated heterocycles. The molecule has 1 aliphatic heterocycles. The van der Waals surface area contributed by atoms with Gasteiger partial charge in [-0.05, 0) is 37.1 Å². The molecule has 0 bridgehead atoms. The maximum Gasteiger partial charge on any atom is 0.339 e. The van der Waals surface area contributed by atoms with Crippen molar-refractivity contribution in [2.45, 2.75) is 23.0 Å². The van der Waals surface area contributed by atoms with E-state index < -0.39 is 21.1 Å². The molecule has 0 aromatic heterocycles. The number of ether oxygens (including phenoxy) is 2. The first-order valence-electron chi connectivity index (χ1n) is 9.48. The highest BCUT2D eigenvalue weighted by Crippen LogP contribution is 2.28. The molecular formula is C21H24N2O6S. The summed E-state index contributed by atoms with van der Waals surface area (Å²) in [6.45, 7) is 0.584. The van der Waals surface area contributed by atoms with E-state index in [0.717, 1.165) is 0 Å². The van der Waals surface area contributed by atoms with Crippen LogP contribution in [-0.2, 0) is 14.6 Å². The molecule has 0 aliphatic carbocycles. The van der Waals surface area contributed by atoms with Gasteiger partial charge in [0.1, 0.15) is 5.75 Å². The molecular weight excluding hydrogens is 408 g/mol. The Hall–Kier alpha value is -3.07. The predicted molar refractivity (Wildman–Crippen MR) is 112 cm³/mol. The molecule has 0 atom stereocenters. The van der Waals surface area contributed by atoms with E-state index in [-0.39, 0.29) is 29.3 Å². The van der Waals surface area contributed by atoms with Crippen LogP contribution in [0.3, 0.4) is 0 Å². The molecule has 2 aromatic carbocycles. The molecule has 1 N–H and O–H groups in total. The van der Waals surface area contributed by atoms with Crippen LogP contribution in [0.2, 0.25) is 0 Å². The second-order valence-electron chi connectivity index (χ2n) is 6.88. The number of hydrogen-bond acceptors (Lipinski definition) is 6. The van der Waals surface area contributed by atoms with Crippen LogP contribution >= 0.6 is 0 Å². The molecule has 1 aliphatic rings.